The van der Waals surface area contributed by atoms with Gasteiger partial charge in [0.25, 0.3) is 0 Å². The van der Waals surface area contributed by atoms with Crippen LogP contribution in [-0.4, -0.2) is 27.1 Å². The Bertz CT molecular complexity index is 188. The summed E-state index contributed by atoms with van der Waals surface area (Å²) in [6, 6.07) is 0. The van der Waals surface area contributed by atoms with Crippen LogP contribution in [0, 0.1) is 0 Å². The summed E-state index contributed by atoms with van der Waals surface area (Å²) in [7, 11) is 0. The summed E-state index contributed by atoms with van der Waals surface area (Å²) < 4.78 is 7.42. The van der Waals surface area contributed by atoms with E-state index in [1.807, 2.05) is 0 Å². The molecule has 2 aliphatic rings. The molecule has 1 saturated heterocycles. The number of nitrogens with one attached hydrogen (secondary N) is 2. The van der Waals surface area contributed by atoms with Gasteiger partial charge in [0, 0.05) is 0 Å². The Labute approximate surface area is 71.3 Å². The fraction of sp³-hybridized carbons (Fsp3) is 0.750. The maximum absolute atomic E-state index is 3.71. The van der Waals surface area contributed by atoms with Crippen molar-refractivity contribution in [3.63, 3.8) is 0 Å². The van der Waals surface area contributed by atoms with Gasteiger partial charge in [-0.3, -0.25) is 0 Å². The molecule has 1 fully saturated rings. The van der Waals surface area contributed by atoms with E-state index in [1.165, 1.54) is 23.5 Å². The summed E-state index contributed by atoms with van der Waals surface area (Å²) in [5.74, 6) is 0. The van der Waals surface area contributed by atoms with Crippen molar-refractivity contribution in [3.8, 4) is 0 Å². The molecule has 0 unspecified atom stereocenters. The van der Waals surface area contributed by atoms with Gasteiger partial charge in [-0.1, -0.05) is 0 Å². The average Bonchev–Trinajstić information content (AvgIpc) is 2.46. The van der Waals surface area contributed by atoms with Gasteiger partial charge in [-0.2, -0.15) is 0 Å². The molecule has 2 rings (SSSR count). The van der Waals surface area contributed by atoms with Crippen molar-refractivity contribution in [1.82, 2.24) is 8.47 Å². The second kappa shape index (κ2) is 2.62. The molecule has 2 N–H and O–H groups in total. The van der Waals surface area contributed by atoms with Crippen molar-refractivity contribution >= 4 is 14.0 Å². The number of rotatable bonds is 0. The number of hydrogen-bond donors (Lipinski definition) is 2. The molecule has 0 saturated carbocycles. The minimum atomic E-state index is -1.51. The van der Waals surface area contributed by atoms with Crippen LogP contribution in [0.5, 0.6) is 0 Å². The van der Waals surface area contributed by atoms with Crippen LogP contribution in [-0.2, 0) is 0 Å². The van der Waals surface area contributed by atoms with Crippen LogP contribution in [0.4, 0.5) is 0 Å². The van der Waals surface area contributed by atoms with E-state index in [1.54, 1.807) is 11.1 Å². The van der Waals surface area contributed by atoms with E-state index in [2.05, 4.69) is 22.3 Å². The SMILES string of the molecule is CC1=C(C)C[As]2(C1)NCCN2. The molecule has 0 aromatic carbocycles. The van der Waals surface area contributed by atoms with E-state index in [9.17, 15) is 0 Å². The van der Waals surface area contributed by atoms with Crippen LogP contribution < -0.4 is 8.47 Å². The van der Waals surface area contributed by atoms with Crippen molar-refractivity contribution < 1.29 is 0 Å². The van der Waals surface area contributed by atoms with E-state index >= 15 is 0 Å². The van der Waals surface area contributed by atoms with E-state index in [4.69, 9.17) is 0 Å². The first-order valence-electron chi connectivity index (χ1n) is 4.24. The predicted molar refractivity (Wildman–Crippen MR) is 49.7 cm³/mol. The molecule has 2 nitrogen and oxygen atoms in total. The first-order valence-corrected chi connectivity index (χ1v) is 8.77. The number of allylic oxidation sites excluding steroid dienone is 2. The minimum absolute atomic E-state index is 1.20. The van der Waals surface area contributed by atoms with Crippen LogP contribution in [0.1, 0.15) is 13.8 Å². The Hall–Kier alpha value is 0.218. The summed E-state index contributed by atoms with van der Waals surface area (Å²) in [5, 5.41) is 2.73. The standard InChI is InChI=1S/C8H16AsN2/c1-7-5-9(6-8(7)2)10-3-4-11-9/h10-11H,3-6H2,1-2H3. The molecular weight excluding hydrogens is 199 g/mol. The second-order valence-electron chi connectivity index (χ2n) is 3.66. The predicted octanol–water partition coefficient (Wildman–Crippen LogP) is 0.971. The van der Waals surface area contributed by atoms with Crippen LogP contribution in [0.3, 0.4) is 0 Å². The fourth-order valence-corrected chi connectivity index (χ4v) is 10.2. The van der Waals surface area contributed by atoms with Gasteiger partial charge >= 0.3 is 71.0 Å². The Morgan fingerprint density at radius 3 is 1.91 bits per heavy atom. The average molecular weight is 215 g/mol. The first-order chi connectivity index (χ1) is 5.22. The van der Waals surface area contributed by atoms with Gasteiger partial charge in [0.1, 0.15) is 0 Å². The molecule has 0 bridgehead atoms. The first kappa shape index (κ1) is 7.85. The van der Waals surface area contributed by atoms with Crippen LogP contribution in [0.25, 0.3) is 0 Å². The van der Waals surface area contributed by atoms with Crippen molar-refractivity contribution in [3.05, 3.63) is 11.1 Å². The molecule has 1 spiro atoms. The molecular formula is C8H16AsN2. The van der Waals surface area contributed by atoms with Crippen LogP contribution >= 0.6 is 0 Å². The molecule has 0 aliphatic carbocycles. The van der Waals surface area contributed by atoms with Gasteiger partial charge in [-0.15, -0.1) is 0 Å². The van der Waals surface area contributed by atoms with Crippen molar-refractivity contribution in [1.29, 1.82) is 0 Å². The maximum atomic E-state index is 3.71. The zero-order valence-corrected chi connectivity index (χ0v) is 9.15. The molecule has 2 heterocycles. The monoisotopic (exact) mass is 215 g/mol. The van der Waals surface area contributed by atoms with E-state index in [0.717, 1.165) is 0 Å². The third-order valence-electron chi connectivity index (χ3n) is 2.70. The third-order valence-corrected chi connectivity index (χ3v) is 10.4. The van der Waals surface area contributed by atoms with Gasteiger partial charge < -0.3 is 0 Å². The second-order valence-corrected chi connectivity index (χ2v) is 10.4. The molecule has 11 heavy (non-hydrogen) atoms. The third kappa shape index (κ3) is 1.28. The Kier molecular flexibility index (Phi) is 1.87. The zero-order valence-electron chi connectivity index (χ0n) is 7.28. The van der Waals surface area contributed by atoms with Gasteiger partial charge in [0.15, 0.2) is 0 Å². The molecule has 1 radical (unpaired) electrons. The van der Waals surface area contributed by atoms with Crippen LogP contribution in [0.2, 0.25) is 10.4 Å². The van der Waals surface area contributed by atoms with E-state index < -0.39 is 14.0 Å². The van der Waals surface area contributed by atoms with Crippen molar-refractivity contribution in [2.75, 3.05) is 13.1 Å². The number of hydrogen-bond acceptors (Lipinski definition) is 2. The van der Waals surface area contributed by atoms with Gasteiger partial charge in [0.05, 0.1) is 0 Å². The van der Waals surface area contributed by atoms with Crippen LogP contribution in [0.15, 0.2) is 11.1 Å². The summed E-state index contributed by atoms with van der Waals surface area (Å²) in [5.41, 5.74) is 3.28. The fourth-order valence-electron chi connectivity index (χ4n) is 1.95. The molecule has 2 aliphatic heterocycles. The van der Waals surface area contributed by atoms with Gasteiger partial charge in [-0.25, -0.2) is 0 Å². The summed E-state index contributed by atoms with van der Waals surface area (Å²) in [6.45, 7) is 6.97. The van der Waals surface area contributed by atoms with Crippen molar-refractivity contribution in [2.24, 2.45) is 0 Å². The summed E-state index contributed by atoms with van der Waals surface area (Å²) in [4.78, 5) is 0. The summed E-state index contributed by atoms with van der Waals surface area (Å²) in [6.07, 6.45) is 0. The zero-order chi connectivity index (χ0) is 7.90. The Morgan fingerprint density at radius 2 is 1.45 bits per heavy atom. The molecule has 0 amide bonds. The molecule has 0 aromatic heterocycles. The van der Waals surface area contributed by atoms with E-state index in [-0.39, 0.29) is 0 Å². The molecule has 63 valence electrons. The normalized spacial score (nSPS) is 28.9. The van der Waals surface area contributed by atoms with Crippen molar-refractivity contribution in [2.45, 2.75) is 24.3 Å². The Balaban J connectivity index is 2.12. The molecule has 0 atom stereocenters. The molecule has 3 heteroatoms. The quantitative estimate of drug-likeness (QED) is 0.464. The van der Waals surface area contributed by atoms with E-state index in [0.29, 0.717) is 0 Å². The molecule has 0 aromatic rings. The summed E-state index contributed by atoms with van der Waals surface area (Å²) >= 11 is -1.51. The van der Waals surface area contributed by atoms with Gasteiger partial charge in [-0.05, 0) is 0 Å². The Morgan fingerprint density at radius 1 is 1.00 bits per heavy atom. The van der Waals surface area contributed by atoms with Gasteiger partial charge in [0.2, 0.25) is 0 Å². The topological polar surface area (TPSA) is 24.1 Å².